The molecule has 1 aliphatic heterocycles. The lowest BCUT2D eigenvalue weighted by Crippen LogP contribution is -2.61. The minimum Gasteiger partial charge on any atom is -0.373 e. The first-order valence-electron chi connectivity index (χ1n) is 6.85. The number of hydrogen-bond donors (Lipinski definition) is 1. The van der Waals surface area contributed by atoms with E-state index in [4.69, 9.17) is 39.5 Å². The summed E-state index contributed by atoms with van der Waals surface area (Å²) in [5.41, 5.74) is 0. The average molecular weight is 346 g/mol. The molecule has 0 radical (unpaired) electrons. The molecule has 118 valence electrons. The Hall–Kier alpha value is 0.260. The smallest absolute Gasteiger partial charge is 0.223 e. The summed E-state index contributed by atoms with van der Waals surface area (Å²) < 4.78 is 4.09. The van der Waals surface area contributed by atoms with Gasteiger partial charge < -0.3 is 10.1 Å². The molecule has 3 atom stereocenters. The Morgan fingerprint density at radius 1 is 1.30 bits per heavy atom. The Kier molecular flexibility index (Phi) is 6.87. The van der Waals surface area contributed by atoms with E-state index < -0.39 is 9.96 Å². The van der Waals surface area contributed by atoms with E-state index in [1.165, 1.54) is 0 Å². The van der Waals surface area contributed by atoms with Gasteiger partial charge in [-0.2, -0.15) is 0 Å². The van der Waals surface area contributed by atoms with Crippen molar-refractivity contribution in [1.82, 2.24) is 10.2 Å². The van der Waals surface area contributed by atoms with Crippen LogP contribution < -0.4 is 5.32 Å². The molecule has 1 amide bonds. The quantitative estimate of drug-likeness (QED) is 0.797. The van der Waals surface area contributed by atoms with Crippen LogP contribution in [-0.4, -0.2) is 46.1 Å². The molecule has 1 saturated heterocycles. The van der Waals surface area contributed by atoms with E-state index in [0.29, 0.717) is 19.5 Å². The average Bonchev–Trinajstić information content (AvgIpc) is 2.21. The van der Waals surface area contributed by atoms with Crippen molar-refractivity contribution in [2.45, 2.75) is 56.3 Å². The lowest BCUT2D eigenvalue weighted by molar-refractivity contribution is -0.126. The summed E-state index contributed by atoms with van der Waals surface area (Å²) in [4.78, 5) is 13.9. The van der Waals surface area contributed by atoms with E-state index in [1.807, 2.05) is 32.6 Å². The van der Waals surface area contributed by atoms with Gasteiger partial charge in [0.1, 0.15) is 6.17 Å². The van der Waals surface area contributed by atoms with Gasteiger partial charge >= 0.3 is 0 Å². The number of ether oxygens (including phenoxy) is 1. The van der Waals surface area contributed by atoms with Crippen molar-refractivity contribution in [3.8, 4) is 0 Å². The number of morpholine rings is 1. The highest BCUT2D eigenvalue weighted by molar-refractivity contribution is 6.68. The number of hydrogen-bond acceptors (Lipinski definition) is 3. The highest BCUT2D eigenvalue weighted by Crippen LogP contribution is 2.33. The number of amides is 1. The van der Waals surface area contributed by atoms with Gasteiger partial charge in [0.2, 0.25) is 9.70 Å². The van der Waals surface area contributed by atoms with Gasteiger partial charge in [0.25, 0.3) is 0 Å². The Balaban J connectivity index is 2.76. The summed E-state index contributed by atoms with van der Waals surface area (Å²) in [5, 5.41) is 2.83. The summed E-state index contributed by atoms with van der Waals surface area (Å²) in [6.07, 6.45) is -0.161. The number of carbonyl (C=O) groups excluding carboxylic acids is 1. The summed E-state index contributed by atoms with van der Waals surface area (Å²) in [6.45, 7) is 9.11. The van der Waals surface area contributed by atoms with Crippen molar-refractivity contribution < 1.29 is 9.53 Å². The van der Waals surface area contributed by atoms with Gasteiger partial charge in [-0.05, 0) is 19.8 Å². The predicted octanol–water partition coefficient (Wildman–Crippen LogP) is 2.95. The lowest BCUT2D eigenvalue weighted by Gasteiger charge is -2.42. The van der Waals surface area contributed by atoms with Crippen LogP contribution in [0, 0.1) is 5.92 Å². The SMILES string of the molecule is CC(C)CC(=O)N[C@@H](N1C[C@@H](C)O[C@H](C)C1)C(Cl)(Cl)Cl. The molecule has 0 unspecified atom stereocenters. The zero-order chi connectivity index (χ0) is 15.5. The third-order valence-corrected chi connectivity index (χ3v) is 3.63. The van der Waals surface area contributed by atoms with Crippen LogP contribution in [0.25, 0.3) is 0 Å². The van der Waals surface area contributed by atoms with Crippen LogP contribution in [0.3, 0.4) is 0 Å². The molecule has 20 heavy (non-hydrogen) atoms. The van der Waals surface area contributed by atoms with E-state index in [2.05, 4.69) is 5.32 Å². The second-order valence-corrected chi connectivity index (χ2v) is 8.19. The molecule has 1 N–H and O–H groups in total. The van der Waals surface area contributed by atoms with Crippen LogP contribution in [0.5, 0.6) is 0 Å². The molecule has 1 fully saturated rings. The normalized spacial score (nSPS) is 26.6. The fourth-order valence-electron chi connectivity index (χ4n) is 2.39. The molecule has 0 bridgehead atoms. The number of halogens is 3. The van der Waals surface area contributed by atoms with Crippen molar-refractivity contribution in [2.75, 3.05) is 13.1 Å². The predicted molar refractivity (Wildman–Crippen MR) is 83.3 cm³/mol. The maximum atomic E-state index is 12.0. The molecule has 0 aromatic heterocycles. The Bertz CT molecular complexity index is 324. The van der Waals surface area contributed by atoms with Crippen molar-refractivity contribution >= 4 is 40.7 Å². The van der Waals surface area contributed by atoms with Crippen molar-refractivity contribution in [1.29, 1.82) is 0 Å². The molecule has 7 heteroatoms. The van der Waals surface area contributed by atoms with E-state index in [0.717, 1.165) is 0 Å². The molecule has 1 aliphatic rings. The third kappa shape index (κ3) is 5.94. The van der Waals surface area contributed by atoms with Gasteiger partial charge in [0.15, 0.2) is 0 Å². The van der Waals surface area contributed by atoms with Gasteiger partial charge in [-0.3, -0.25) is 9.69 Å². The maximum Gasteiger partial charge on any atom is 0.223 e. The molecule has 0 spiro atoms. The monoisotopic (exact) mass is 344 g/mol. The fraction of sp³-hybridized carbons (Fsp3) is 0.923. The summed E-state index contributed by atoms with van der Waals surface area (Å²) in [6, 6.07) is 0. The standard InChI is InChI=1S/C13H23Cl3N2O2/c1-8(2)5-11(19)17-12(13(14,15)16)18-6-9(3)20-10(4)7-18/h8-10,12H,5-7H2,1-4H3,(H,17,19)/t9-,10-,12+/m1/s1. The molecule has 0 aromatic rings. The Morgan fingerprint density at radius 3 is 2.20 bits per heavy atom. The van der Waals surface area contributed by atoms with E-state index in [-0.39, 0.29) is 24.0 Å². The van der Waals surface area contributed by atoms with Gasteiger partial charge in [0, 0.05) is 19.5 Å². The van der Waals surface area contributed by atoms with E-state index in [9.17, 15) is 4.79 Å². The van der Waals surface area contributed by atoms with E-state index in [1.54, 1.807) is 0 Å². The summed E-state index contributed by atoms with van der Waals surface area (Å²) in [5.74, 6) is 0.150. The molecule has 0 aromatic carbocycles. The lowest BCUT2D eigenvalue weighted by atomic mass is 10.1. The number of rotatable bonds is 4. The van der Waals surface area contributed by atoms with Crippen molar-refractivity contribution in [3.63, 3.8) is 0 Å². The fourth-order valence-corrected chi connectivity index (χ4v) is 2.97. The topological polar surface area (TPSA) is 41.6 Å². The van der Waals surface area contributed by atoms with Gasteiger partial charge in [0.05, 0.1) is 12.2 Å². The first kappa shape index (κ1) is 18.3. The first-order chi connectivity index (χ1) is 9.09. The molecule has 1 heterocycles. The zero-order valence-electron chi connectivity index (χ0n) is 12.3. The van der Waals surface area contributed by atoms with Crippen molar-refractivity contribution in [2.24, 2.45) is 5.92 Å². The highest BCUT2D eigenvalue weighted by Gasteiger charge is 2.41. The number of alkyl halides is 3. The minimum absolute atomic E-state index is 0.0376. The first-order valence-corrected chi connectivity index (χ1v) is 7.98. The summed E-state index contributed by atoms with van der Waals surface area (Å²) >= 11 is 18.1. The van der Waals surface area contributed by atoms with Crippen LogP contribution >= 0.6 is 34.8 Å². The number of nitrogens with zero attached hydrogens (tertiary/aromatic N) is 1. The molecule has 0 aliphatic carbocycles. The van der Waals surface area contributed by atoms with Crippen LogP contribution in [0.2, 0.25) is 0 Å². The van der Waals surface area contributed by atoms with Gasteiger partial charge in [-0.25, -0.2) is 0 Å². The van der Waals surface area contributed by atoms with Crippen LogP contribution in [0.15, 0.2) is 0 Å². The van der Waals surface area contributed by atoms with Crippen LogP contribution in [0.4, 0.5) is 0 Å². The number of carbonyl (C=O) groups is 1. The second kappa shape index (κ2) is 7.50. The second-order valence-electron chi connectivity index (χ2n) is 5.82. The molecular formula is C13H23Cl3N2O2. The number of nitrogens with one attached hydrogen (secondary N) is 1. The molecule has 1 rings (SSSR count). The maximum absolute atomic E-state index is 12.0. The van der Waals surface area contributed by atoms with E-state index >= 15 is 0 Å². The highest BCUT2D eigenvalue weighted by atomic mass is 35.6. The Labute approximate surface area is 136 Å². The molecule has 4 nitrogen and oxygen atoms in total. The molecule has 0 saturated carbocycles. The zero-order valence-corrected chi connectivity index (χ0v) is 14.6. The molecular weight excluding hydrogens is 323 g/mol. The van der Waals surface area contributed by atoms with Crippen molar-refractivity contribution in [3.05, 3.63) is 0 Å². The summed E-state index contributed by atoms with van der Waals surface area (Å²) in [7, 11) is 0. The van der Waals surface area contributed by atoms with Crippen LogP contribution in [0.1, 0.15) is 34.1 Å². The largest absolute Gasteiger partial charge is 0.373 e. The van der Waals surface area contributed by atoms with Crippen LogP contribution in [-0.2, 0) is 9.53 Å². The van der Waals surface area contributed by atoms with Gasteiger partial charge in [-0.1, -0.05) is 48.7 Å². The van der Waals surface area contributed by atoms with Gasteiger partial charge in [-0.15, -0.1) is 0 Å². The Morgan fingerprint density at radius 2 is 1.80 bits per heavy atom. The third-order valence-electron chi connectivity index (χ3n) is 3.01. The minimum atomic E-state index is -1.58.